The molecule has 7 nitrogen and oxygen atoms in total. The largest absolute Gasteiger partial charge is 0.339 e. The fourth-order valence-corrected chi connectivity index (χ4v) is 5.98. The first-order chi connectivity index (χ1) is 13.5. The number of carbonyl (C=O) groups is 1. The maximum atomic E-state index is 12.8. The summed E-state index contributed by atoms with van der Waals surface area (Å²) in [6.45, 7) is 1.54. The van der Waals surface area contributed by atoms with Gasteiger partial charge in [-0.3, -0.25) is 4.79 Å². The van der Waals surface area contributed by atoms with Crippen molar-refractivity contribution in [2.75, 3.05) is 26.2 Å². The quantitative estimate of drug-likeness (QED) is 0.763. The van der Waals surface area contributed by atoms with Crippen molar-refractivity contribution in [3.05, 3.63) is 58.3 Å². The summed E-state index contributed by atoms with van der Waals surface area (Å²) < 4.78 is 26.8. The van der Waals surface area contributed by atoms with Crippen LogP contribution in [0.3, 0.4) is 0 Å². The number of sulfonamides is 1. The Labute approximate surface area is 169 Å². The SMILES string of the molecule is O=C(C1CC(c2cccs2)NN1)N1CCN(S(=O)(=O)Cc2ccccc2)CC1. The van der Waals surface area contributed by atoms with Gasteiger partial charge in [0.2, 0.25) is 15.9 Å². The van der Waals surface area contributed by atoms with E-state index in [2.05, 4.69) is 16.9 Å². The predicted molar refractivity (Wildman–Crippen MR) is 109 cm³/mol. The molecule has 3 heterocycles. The smallest absolute Gasteiger partial charge is 0.241 e. The first-order valence-corrected chi connectivity index (χ1v) is 11.9. The molecule has 28 heavy (non-hydrogen) atoms. The van der Waals surface area contributed by atoms with Gasteiger partial charge >= 0.3 is 0 Å². The van der Waals surface area contributed by atoms with Crippen LogP contribution >= 0.6 is 11.3 Å². The lowest BCUT2D eigenvalue weighted by Crippen LogP contribution is -2.54. The molecule has 1 amide bonds. The summed E-state index contributed by atoms with van der Waals surface area (Å²) in [6.07, 6.45) is 0.700. The second kappa shape index (κ2) is 8.30. The van der Waals surface area contributed by atoms with Gasteiger partial charge in [-0.15, -0.1) is 11.3 Å². The van der Waals surface area contributed by atoms with E-state index in [1.165, 1.54) is 9.18 Å². The molecule has 0 saturated carbocycles. The Balaban J connectivity index is 1.31. The van der Waals surface area contributed by atoms with Gasteiger partial charge in [-0.1, -0.05) is 36.4 Å². The molecule has 0 radical (unpaired) electrons. The summed E-state index contributed by atoms with van der Waals surface area (Å²) in [6, 6.07) is 13.1. The zero-order valence-electron chi connectivity index (χ0n) is 15.5. The zero-order chi connectivity index (χ0) is 19.6. The molecule has 2 aliphatic rings. The van der Waals surface area contributed by atoms with Crippen molar-refractivity contribution in [1.82, 2.24) is 20.1 Å². The first kappa shape index (κ1) is 19.5. The molecule has 0 spiro atoms. The van der Waals surface area contributed by atoms with E-state index < -0.39 is 10.0 Å². The molecule has 0 bridgehead atoms. The molecule has 2 atom stereocenters. The number of nitrogens with one attached hydrogen (secondary N) is 2. The molecule has 2 saturated heterocycles. The Hall–Kier alpha value is -1.78. The van der Waals surface area contributed by atoms with E-state index in [4.69, 9.17) is 0 Å². The summed E-state index contributed by atoms with van der Waals surface area (Å²) in [5.74, 6) is 0.0323. The normalized spacial score (nSPS) is 23.8. The van der Waals surface area contributed by atoms with E-state index in [-0.39, 0.29) is 23.7 Å². The van der Waals surface area contributed by atoms with Gasteiger partial charge < -0.3 is 4.90 Å². The minimum absolute atomic E-state index is 0.00161. The second-order valence-corrected chi connectivity index (χ2v) is 10.1. The van der Waals surface area contributed by atoms with E-state index in [9.17, 15) is 13.2 Å². The molecule has 150 valence electrons. The van der Waals surface area contributed by atoms with Crippen LogP contribution in [-0.2, 0) is 20.6 Å². The molecule has 2 aliphatic heterocycles. The molecular formula is C19H24N4O3S2. The summed E-state index contributed by atoms with van der Waals surface area (Å²) in [5, 5.41) is 2.03. The van der Waals surface area contributed by atoms with Crippen LogP contribution in [0, 0.1) is 0 Å². The molecule has 2 N–H and O–H groups in total. The summed E-state index contributed by atoms with van der Waals surface area (Å²) in [4.78, 5) is 15.8. The van der Waals surface area contributed by atoms with Gasteiger partial charge in [0.05, 0.1) is 11.8 Å². The summed E-state index contributed by atoms with van der Waals surface area (Å²) in [7, 11) is -3.37. The zero-order valence-corrected chi connectivity index (χ0v) is 17.1. The van der Waals surface area contributed by atoms with Crippen LogP contribution in [0.5, 0.6) is 0 Å². The highest BCUT2D eigenvalue weighted by Gasteiger charge is 2.36. The minimum atomic E-state index is -3.37. The Bertz CT molecular complexity index is 895. The fraction of sp³-hybridized carbons (Fsp3) is 0.421. The van der Waals surface area contributed by atoms with Crippen LogP contribution in [-0.4, -0.2) is 55.8 Å². The fourth-order valence-electron chi connectivity index (χ4n) is 3.68. The van der Waals surface area contributed by atoms with E-state index in [0.717, 1.165) is 5.56 Å². The number of rotatable bonds is 5. The van der Waals surface area contributed by atoms with E-state index >= 15 is 0 Å². The van der Waals surface area contributed by atoms with Crippen LogP contribution in [0.4, 0.5) is 0 Å². The lowest BCUT2D eigenvalue weighted by Gasteiger charge is -2.35. The highest BCUT2D eigenvalue weighted by molar-refractivity contribution is 7.88. The van der Waals surface area contributed by atoms with Crippen molar-refractivity contribution in [3.8, 4) is 0 Å². The van der Waals surface area contributed by atoms with Gasteiger partial charge in [0.15, 0.2) is 0 Å². The van der Waals surface area contributed by atoms with Crippen LogP contribution in [0.15, 0.2) is 47.8 Å². The van der Waals surface area contributed by atoms with Crippen LogP contribution in [0.25, 0.3) is 0 Å². The Morgan fingerprint density at radius 2 is 1.79 bits per heavy atom. The molecular weight excluding hydrogens is 396 g/mol. The summed E-state index contributed by atoms with van der Waals surface area (Å²) in [5.41, 5.74) is 7.08. The molecule has 2 fully saturated rings. The number of hydrogen-bond donors (Lipinski definition) is 2. The average molecular weight is 421 g/mol. The van der Waals surface area contributed by atoms with Gasteiger partial charge in [-0.25, -0.2) is 19.3 Å². The predicted octanol–water partition coefficient (Wildman–Crippen LogP) is 1.33. The number of piperazine rings is 1. The number of amides is 1. The number of hydrogen-bond acceptors (Lipinski definition) is 6. The van der Waals surface area contributed by atoms with Crippen LogP contribution in [0.1, 0.15) is 22.9 Å². The minimum Gasteiger partial charge on any atom is -0.339 e. The average Bonchev–Trinajstić information content (AvgIpc) is 3.40. The lowest BCUT2D eigenvalue weighted by atomic mass is 10.1. The van der Waals surface area contributed by atoms with E-state index in [0.29, 0.717) is 32.6 Å². The maximum Gasteiger partial charge on any atom is 0.241 e. The third-order valence-electron chi connectivity index (χ3n) is 5.22. The first-order valence-electron chi connectivity index (χ1n) is 9.38. The number of thiophene rings is 1. The number of carbonyl (C=O) groups excluding carboxylic acids is 1. The second-order valence-electron chi connectivity index (χ2n) is 7.11. The van der Waals surface area contributed by atoms with E-state index in [1.54, 1.807) is 16.2 Å². The molecule has 0 aliphatic carbocycles. The molecule has 9 heteroatoms. The van der Waals surface area contributed by atoms with Gasteiger partial charge in [-0.05, 0) is 23.4 Å². The number of hydrazine groups is 1. The Kier molecular flexibility index (Phi) is 5.79. The molecule has 2 aromatic rings. The van der Waals surface area contributed by atoms with E-state index in [1.807, 2.05) is 41.8 Å². The Morgan fingerprint density at radius 3 is 2.46 bits per heavy atom. The van der Waals surface area contributed by atoms with Gasteiger partial charge in [0, 0.05) is 31.1 Å². The van der Waals surface area contributed by atoms with Crippen molar-refractivity contribution >= 4 is 27.3 Å². The highest BCUT2D eigenvalue weighted by atomic mass is 32.2. The topological polar surface area (TPSA) is 81.8 Å². The third-order valence-corrected chi connectivity index (χ3v) is 8.06. The molecule has 1 aromatic carbocycles. The van der Waals surface area contributed by atoms with Gasteiger partial charge in [0.25, 0.3) is 0 Å². The monoisotopic (exact) mass is 420 g/mol. The standard InChI is InChI=1S/C19H24N4O3S2/c24-19(17-13-16(20-21-17)18-7-4-12-27-18)22-8-10-23(11-9-22)28(25,26)14-15-5-2-1-3-6-15/h1-7,12,16-17,20-21H,8-11,13-14H2. The molecule has 4 rings (SSSR count). The summed E-state index contributed by atoms with van der Waals surface area (Å²) >= 11 is 1.67. The lowest BCUT2D eigenvalue weighted by molar-refractivity contribution is -0.134. The maximum absolute atomic E-state index is 12.8. The van der Waals surface area contributed by atoms with Gasteiger partial charge in [0.1, 0.15) is 6.04 Å². The number of benzene rings is 1. The van der Waals surface area contributed by atoms with Crippen LogP contribution in [0.2, 0.25) is 0 Å². The van der Waals surface area contributed by atoms with Gasteiger partial charge in [-0.2, -0.15) is 4.31 Å². The molecule has 2 unspecified atom stereocenters. The van der Waals surface area contributed by atoms with Crippen molar-refractivity contribution in [1.29, 1.82) is 0 Å². The number of nitrogens with zero attached hydrogens (tertiary/aromatic N) is 2. The van der Waals surface area contributed by atoms with Crippen molar-refractivity contribution in [2.45, 2.75) is 24.3 Å². The van der Waals surface area contributed by atoms with Crippen molar-refractivity contribution in [3.63, 3.8) is 0 Å². The third kappa shape index (κ3) is 4.28. The Morgan fingerprint density at radius 1 is 1.04 bits per heavy atom. The molecule has 1 aromatic heterocycles. The van der Waals surface area contributed by atoms with Crippen LogP contribution < -0.4 is 10.9 Å². The van der Waals surface area contributed by atoms with Crippen molar-refractivity contribution in [2.24, 2.45) is 0 Å². The highest BCUT2D eigenvalue weighted by Crippen LogP contribution is 2.27. The van der Waals surface area contributed by atoms with Crippen molar-refractivity contribution < 1.29 is 13.2 Å².